The molecule has 0 saturated carbocycles. The van der Waals surface area contributed by atoms with Crippen LogP contribution in [0.4, 0.5) is 11.6 Å². The molecule has 31 heavy (non-hydrogen) atoms. The summed E-state index contributed by atoms with van der Waals surface area (Å²) in [5, 5.41) is 8.08. The van der Waals surface area contributed by atoms with Gasteiger partial charge in [-0.3, -0.25) is 9.67 Å². The number of halogens is 1. The van der Waals surface area contributed by atoms with E-state index in [1.807, 2.05) is 35.1 Å². The molecule has 8 heteroatoms. The molecular weight excluding hydrogens is 412 g/mol. The summed E-state index contributed by atoms with van der Waals surface area (Å²) in [5.41, 5.74) is 4.55. The van der Waals surface area contributed by atoms with Crippen LogP contribution in [0.1, 0.15) is 31.0 Å². The number of pyridine rings is 1. The van der Waals surface area contributed by atoms with Crippen LogP contribution >= 0.6 is 11.6 Å². The Morgan fingerprint density at radius 2 is 1.90 bits per heavy atom. The third-order valence-corrected chi connectivity index (χ3v) is 5.09. The normalized spacial score (nSPS) is 11.0. The van der Waals surface area contributed by atoms with Gasteiger partial charge in [0.05, 0.1) is 35.9 Å². The predicted octanol–water partition coefficient (Wildman–Crippen LogP) is 5.31. The second-order valence-corrected chi connectivity index (χ2v) is 7.79. The fraction of sp³-hybridized carbons (Fsp3) is 0.217. The first-order valence-electron chi connectivity index (χ1n) is 9.93. The molecule has 158 valence electrons. The predicted molar refractivity (Wildman–Crippen MR) is 122 cm³/mol. The zero-order valence-electron chi connectivity index (χ0n) is 17.6. The molecule has 0 unspecified atom stereocenters. The molecule has 3 heterocycles. The molecule has 0 aliphatic rings. The highest BCUT2D eigenvalue weighted by Gasteiger charge is 2.13. The van der Waals surface area contributed by atoms with Crippen molar-refractivity contribution in [2.45, 2.75) is 26.3 Å². The first-order chi connectivity index (χ1) is 15.0. The number of benzene rings is 1. The third kappa shape index (κ3) is 4.83. The van der Waals surface area contributed by atoms with Crippen molar-refractivity contribution in [3.63, 3.8) is 0 Å². The van der Waals surface area contributed by atoms with E-state index in [1.54, 1.807) is 31.9 Å². The van der Waals surface area contributed by atoms with Crippen molar-refractivity contribution in [2.75, 3.05) is 12.4 Å². The average Bonchev–Trinajstić information content (AvgIpc) is 3.27. The standard InChI is InChI=1S/C23H23ClN6O/c1-15(2)30-14-18(12-27-30)22-19(24)13-26-23(29-22)28-20-5-4-17(11-21(20)31-3)10-16-6-8-25-9-7-16/h4-9,11-15H,10H2,1-3H3,(H,26,28,29). The number of aromatic nitrogens is 5. The second kappa shape index (κ2) is 9.14. The minimum Gasteiger partial charge on any atom is -0.495 e. The van der Waals surface area contributed by atoms with Gasteiger partial charge in [-0.25, -0.2) is 9.97 Å². The summed E-state index contributed by atoms with van der Waals surface area (Å²) in [6.45, 7) is 4.13. The largest absolute Gasteiger partial charge is 0.495 e. The fourth-order valence-electron chi connectivity index (χ4n) is 3.18. The zero-order valence-corrected chi connectivity index (χ0v) is 18.3. The van der Waals surface area contributed by atoms with Gasteiger partial charge in [-0.1, -0.05) is 17.7 Å². The Morgan fingerprint density at radius 1 is 1.10 bits per heavy atom. The maximum Gasteiger partial charge on any atom is 0.227 e. The number of nitrogens with zero attached hydrogens (tertiary/aromatic N) is 5. The molecule has 0 aliphatic heterocycles. The van der Waals surface area contributed by atoms with Gasteiger partial charge in [0.2, 0.25) is 5.95 Å². The van der Waals surface area contributed by atoms with E-state index in [9.17, 15) is 0 Å². The average molecular weight is 435 g/mol. The van der Waals surface area contributed by atoms with E-state index in [-0.39, 0.29) is 6.04 Å². The molecular formula is C23H23ClN6O. The minimum absolute atomic E-state index is 0.252. The highest BCUT2D eigenvalue weighted by Crippen LogP contribution is 2.31. The molecule has 0 atom stereocenters. The lowest BCUT2D eigenvalue weighted by Crippen LogP contribution is -2.01. The number of methoxy groups -OCH3 is 1. The quantitative estimate of drug-likeness (QED) is 0.424. The summed E-state index contributed by atoms with van der Waals surface area (Å²) in [7, 11) is 1.64. The van der Waals surface area contributed by atoms with Crippen molar-refractivity contribution in [1.29, 1.82) is 0 Å². The van der Waals surface area contributed by atoms with Gasteiger partial charge in [0.15, 0.2) is 0 Å². The lowest BCUT2D eigenvalue weighted by atomic mass is 10.1. The Balaban J connectivity index is 1.58. The number of ether oxygens (including phenoxy) is 1. The Labute approximate surface area is 186 Å². The van der Waals surface area contributed by atoms with E-state index in [0.29, 0.717) is 22.4 Å². The van der Waals surface area contributed by atoms with Crippen LogP contribution in [-0.4, -0.2) is 31.8 Å². The highest BCUT2D eigenvalue weighted by molar-refractivity contribution is 6.32. The smallest absolute Gasteiger partial charge is 0.227 e. The second-order valence-electron chi connectivity index (χ2n) is 7.38. The SMILES string of the molecule is COc1cc(Cc2ccncc2)ccc1Nc1ncc(Cl)c(-c2cnn(C(C)C)c2)n1. The number of anilines is 2. The van der Waals surface area contributed by atoms with Crippen molar-refractivity contribution in [2.24, 2.45) is 0 Å². The van der Waals surface area contributed by atoms with Gasteiger partial charge in [0, 0.05) is 30.2 Å². The van der Waals surface area contributed by atoms with Crippen LogP contribution in [0.25, 0.3) is 11.3 Å². The van der Waals surface area contributed by atoms with Crippen LogP contribution in [0.2, 0.25) is 5.02 Å². The first kappa shape index (κ1) is 20.8. The van der Waals surface area contributed by atoms with Crippen LogP contribution in [0.5, 0.6) is 5.75 Å². The monoisotopic (exact) mass is 434 g/mol. The fourth-order valence-corrected chi connectivity index (χ4v) is 3.38. The van der Waals surface area contributed by atoms with Crippen molar-refractivity contribution in [3.8, 4) is 17.0 Å². The molecule has 0 bridgehead atoms. The Bertz CT molecular complexity index is 1180. The van der Waals surface area contributed by atoms with Crippen LogP contribution in [0, 0.1) is 0 Å². The van der Waals surface area contributed by atoms with E-state index >= 15 is 0 Å². The molecule has 0 aliphatic carbocycles. The molecule has 0 radical (unpaired) electrons. The third-order valence-electron chi connectivity index (χ3n) is 4.82. The molecule has 1 N–H and O–H groups in total. The van der Waals surface area contributed by atoms with Crippen molar-refractivity contribution in [1.82, 2.24) is 24.7 Å². The maximum absolute atomic E-state index is 6.36. The van der Waals surface area contributed by atoms with Crippen molar-refractivity contribution in [3.05, 3.63) is 77.5 Å². The number of hydrogen-bond donors (Lipinski definition) is 1. The summed E-state index contributed by atoms with van der Waals surface area (Å²) in [6.07, 6.45) is 9.65. The molecule has 0 saturated heterocycles. The molecule has 1 aromatic carbocycles. The zero-order chi connectivity index (χ0) is 21.8. The molecule has 0 amide bonds. The van der Waals surface area contributed by atoms with E-state index in [2.05, 4.69) is 45.3 Å². The van der Waals surface area contributed by atoms with Gasteiger partial charge >= 0.3 is 0 Å². The molecule has 7 nitrogen and oxygen atoms in total. The van der Waals surface area contributed by atoms with Gasteiger partial charge in [-0.2, -0.15) is 5.10 Å². The number of hydrogen-bond acceptors (Lipinski definition) is 6. The van der Waals surface area contributed by atoms with E-state index in [0.717, 1.165) is 23.2 Å². The van der Waals surface area contributed by atoms with Gasteiger partial charge in [-0.15, -0.1) is 0 Å². The van der Waals surface area contributed by atoms with Crippen LogP contribution in [0.3, 0.4) is 0 Å². The van der Waals surface area contributed by atoms with Gasteiger partial charge in [0.1, 0.15) is 5.75 Å². The summed E-state index contributed by atoms with van der Waals surface area (Å²) in [5.74, 6) is 1.14. The summed E-state index contributed by atoms with van der Waals surface area (Å²) in [6, 6.07) is 10.3. The molecule has 0 fully saturated rings. The van der Waals surface area contributed by atoms with Gasteiger partial charge in [-0.05, 0) is 55.7 Å². The summed E-state index contributed by atoms with van der Waals surface area (Å²) >= 11 is 6.36. The van der Waals surface area contributed by atoms with E-state index < -0.39 is 0 Å². The topological polar surface area (TPSA) is 77.8 Å². The maximum atomic E-state index is 6.36. The summed E-state index contributed by atoms with van der Waals surface area (Å²) in [4.78, 5) is 13.0. The summed E-state index contributed by atoms with van der Waals surface area (Å²) < 4.78 is 7.46. The van der Waals surface area contributed by atoms with Crippen molar-refractivity contribution >= 4 is 23.2 Å². The number of nitrogens with one attached hydrogen (secondary N) is 1. The highest BCUT2D eigenvalue weighted by atomic mass is 35.5. The first-order valence-corrected chi connectivity index (χ1v) is 10.3. The molecule has 4 aromatic rings. The molecule has 0 spiro atoms. The van der Waals surface area contributed by atoms with E-state index in [4.69, 9.17) is 16.3 Å². The van der Waals surface area contributed by atoms with Gasteiger partial charge in [0.25, 0.3) is 0 Å². The molecule has 3 aromatic heterocycles. The van der Waals surface area contributed by atoms with Crippen molar-refractivity contribution < 1.29 is 4.74 Å². The Hall–Kier alpha value is -3.45. The minimum atomic E-state index is 0.252. The van der Waals surface area contributed by atoms with Crippen LogP contribution in [0.15, 0.2) is 61.3 Å². The number of rotatable bonds is 7. The van der Waals surface area contributed by atoms with Crippen LogP contribution < -0.4 is 10.1 Å². The molecule has 4 rings (SSSR count). The lowest BCUT2D eigenvalue weighted by molar-refractivity contribution is 0.416. The van der Waals surface area contributed by atoms with E-state index in [1.165, 1.54) is 5.56 Å². The lowest BCUT2D eigenvalue weighted by Gasteiger charge is -2.13. The Morgan fingerprint density at radius 3 is 2.61 bits per heavy atom. The van der Waals surface area contributed by atoms with Gasteiger partial charge < -0.3 is 10.1 Å². The Kier molecular flexibility index (Phi) is 6.13. The van der Waals surface area contributed by atoms with Crippen LogP contribution in [-0.2, 0) is 6.42 Å².